The van der Waals surface area contributed by atoms with Crippen molar-refractivity contribution in [1.29, 1.82) is 0 Å². The second-order valence-corrected chi connectivity index (χ2v) is 12.6. The number of aliphatic hydroxyl groups is 2. The third-order valence-electron chi connectivity index (χ3n) is 8.53. The van der Waals surface area contributed by atoms with Gasteiger partial charge in [-0.2, -0.15) is 0 Å². The molecule has 2 atom stereocenters. The lowest BCUT2D eigenvalue weighted by Gasteiger charge is -2.22. The number of carbonyl (C=O) groups excluding carboxylic acids is 1. The van der Waals surface area contributed by atoms with Gasteiger partial charge in [0.2, 0.25) is 5.91 Å². The van der Waals surface area contributed by atoms with Crippen molar-refractivity contribution in [3.05, 3.63) is 12.2 Å². The number of nitrogens with one attached hydrogen (secondary N) is 1. The zero-order chi connectivity index (χ0) is 30.1. The maximum Gasteiger partial charge on any atom is 0.220 e. The predicted octanol–water partition coefficient (Wildman–Crippen LogP) is 10.7. The van der Waals surface area contributed by atoms with Gasteiger partial charge < -0.3 is 15.5 Å². The van der Waals surface area contributed by atoms with Gasteiger partial charge in [0.1, 0.15) is 0 Å². The average molecular weight is 580 g/mol. The van der Waals surface area contributed by atoms with Crippen molar-refractivity contribution in [1.82, 2.24) is 5.32 Å². The highest BCUT2D eigenvalue weighted by Crippen LogP contribution is 2.14. The molecular formula is C37H73NO3. The summed E-state index contributed by atoms with van der Waals surface area (Å²) >= 11 is 0. The third kappa shape index (κ3) is 30.4. The van der Waals surface area contributed by atoms with E-state index in [-0.39, 0.29) is 12.5 Å². The van der Waals surface area contributed by atoms with Crippen molar-refractivity contribution in [2.45, 2.75) is 212 Å². The van der Waals surface area contributed by atoms with Crippen molar-refractivity contribution >= 4 is 5.91 Å². The highest BCUT2D eigenvalue weighted by atomic mass is 16.3. The Balaban J connectivity index is 3.58. The van der Waals surface area contributed by atoms with E-state index in [4.69, 9.17) is 0 Å². The molecule has 0 rings (SSSR count). The fraction of sp³-hybridized carbons (Fsp3) is 0.919. The van der Waals surface area contributed by atoms with E-state index in [1.165, 1.54) is 141 Å². The van der Waals surface area contributed by atoms with Gasteiger partial charge in [-0.3, -0.25) is 4.79 Å². The minimum Gasteiger partial charge on any atom is -0.394 e. The van der Waals surface area contributed by atoms with Crippen LogP contribution in [0.15, 0.2) is 12.2 Å². The number of hydrogen-bond donors (Lipinski definition) is 3. The Kier molecular flexibility index (Phi) is 32.9. The summed E-state index contributed by atoms with van der Waals surface area (Å²) in [5.74, 6) is -0.0403. The molecule has 0 aliphatic carbocycles. The van der Waals surface area contributed by atoms with Gasteiger partial charge >= 0.3 is 0 Å². The van der Waals surface area contributed by atoms with Crippen LogP contribution in [-0.4, -0.2) is 34.9 Å². The molecule has 0 bridgehead atoms. The first-order chi connectivity index (χ1) is 20.2. The van der Waals surface area contributed by atoms with Crippen LogP contribution in [-0.2, 0) is 4.79 Å². The zero-order valence-electron chi connectivity index (χ0n) is 27.8. The van der Waals surface area contributed by atoms with E-state index in [0.717, 1.165) is 32.1 Å². The zero-order valence-corrected chi connectivity index (χ0v) is 27.8. The molecule has 3 N–H and O–H groups in total. The number of allylic oxidation sites excluding steroid dienone is 2. The standard InChI is InChI=1S/C37H73NO3/c1-3-5-7-9-11-13-15-17-19-20-22-24-26-28-30-32-36(40)35(34-39)38-37(41)33-31-29-27-25-23-21-18-16-14-12-10-8-6-4-2/h22,24,35-36,39-40H,3-21,23,25-34H2,1-2H3,(H,38,41)/b24-22+/t35-,36+/m0/s1. The lowest BCUT2D eigenvalue weighted by Crippen LogP contribution is -2.45. The van der Waals surface area contributed by atoms with E-state index >= 15 is 0 Å². The normalized spacial score (nSPS) is 13.2. The maximum atomic E-state index is 12.3. The molecule has 0 unspecified atom stereocenters. The van der Waals surface area contributed by atoms with Crippen molar-refractivity contribution in [3.63, 3.8) is 0 Å². The van der Waals surface area contributed by atoms with Gasteiger partial charge in [0.05, 0.1) is 18.8 Å². The highest BCUT2D eigenvalue weighted by Gasteiger charge is 2.19. The summed E-state index contributed by atoms with van der Waals surface area (Å²) in [4.78, 5) is 12.3. The van der Waals surface area contributed by atoms with Crippen LogP contribution in [0.2, 0.25) is 0 Å². The number of hydrogen-bond acceptors (Lipinski definition) is 3. The third-order valence-corrected chi connectivity index (χ3v) is 8.53. The second-order valence-electron chi connectivity index (χ2n) is 12.6. The van der Waals surface area contributed by atoms with Crippen LogP contribution in [0.4, 0.5) is 0 Å². The summed E-state index contributed by atoms with van der Waals surface area (Å²) < 4.78 is 0. The van der Waals surface area contributed by atoms with Crippen LogP contribution in [0, 0.1) is 0 Å². The van der Waals surface area contributed by atoms with Crippen LogP contribution >= 0.6 is 0 Å². The fourth-order valence-corrected chi connectivity index (χ4v) is 5.65. The second kappa shape index (κ2) is 33.6. The van der Waals surface area contributed by atoms with E-state index in [1.807, 2.05) is 0 Å². The first-order valence-electron chi connectivity index (χ1n) is 18.4. The predicted molar refractivity (Wildman–Crippen MR) is 179 cm³/mol. The largest absolute Gasteiger partial charge is 0.394 e. The molecule has 0 aromatic rings. The Morgan fingerprint density at radius 1 is 0.561 bits per heavy atom. The maximum absolute atomic E-state index is 12.3. The molecule has 0 aromatic heterocycles. The topological polar surface area (TPSA) is 69.6 Å². The van der Waals surface area contributed by atoms with Gasteiger partial charge in [-0.15, -0.1) is 0 Å². The monoisotopic (exact) mass is 580 g/mol. The van der Waals surface area contributed by atoms with Gasteiger partial charge in [0, 0.05) is 6.42 Å². The first-order valence-corrected chi connectivity index (χ1v) is 18.4. The molecule has 0 aliphatic rings. The summed E-state index contributed by atoms with van der Waals surface area (Å²) in [5, 5.41) is 23.0. The molecule has 0 heterocycles. The summed E-state index contributed by atoms with van der Waals surface area (Å²) in [5.41, 5.74) is 0. The number of rotatable bonds is 33. The SMILES string of the molecule is CCCCCCCCCCC/C=C/CCCC[C@@H](O)[C@H](CO)NC(=O)CCCCCCCCCCCCCCCC. The van der Waals surface area contributed by atoms with Crippen molar-refractivity contribution in [2.75, 3.05) is 6.61 Å². The average Bonchev–Trinajstić information content (AvgIpc) is 2.97. The molecule has 0 radical (unpaired) electrons. The van der Waals surface area contributed by atoms with Gasteiger partial charge in [-0.25, -0.2) is 0 Å². The lowest BCUT2D eigenvalue weighted by atomic mass is 10.0. The Hall–Kier alpha value is -0.870. The number of carbonyl (C=O) groups is 1. The smallest absolute Gasteiger partial charge is 0.220 e. The minimum atomic E-state index is -0.675. The molecular weight excluding hydrogens is 506 g/mol. The fourth-order valence-electron chi connectivity index (χ4n) is 5.65. The van der Waals surface area contributed by atoms with Crippen LogP contribution in [0.1, 0.15) is 200 Å². The molecule has 0 saturated heterocycles. The molecule has 0 fully saturated rings. The van der Waals surface area contributed by atoms with E-state index in [9.17, 15) is 15.0 Å². The molecule has 244 valence electrons. The molecule has 1 amide bonds. The lowest BCUT2D eigenvalue weighted by molar-refractivity contribution is -0.123. The summed E-state index contributed by atoms with van der Waals surface area (Å²) in [6.07, 6.45) is 39.8. The van der Waals surface area contributed by atoms with Crippen LogP contribution in [0.25, 0.3) is 0 Å². The van der Waals surface area contributed by atoms with E-state index in [1.54, 1.807) is 0 Å². The van der Waals surface area contributed by atoms with E-state index < -0.39 is 12.1 Å². The van der Waals surface area contributed by atoms with Crippen LogP contribution in [0.5, 0.6) is 0 Å². The summed E-state index contributed by atoms with van der Waals surface area (Å²) in [6, 6.07) is -0.545. The van der Waals surface area contributed by atoms with E-state index in [2.05, 4.69) is 31.3 Å². The Labute approximate surface area is 256 Å². The number of aliphatic hydroxyl groups excluding tert-OH is 2. The highest BCUT2D eigenvalue weighted by molar-refractivity contribution is 5.76. The molecule has 41 heavy (non-hydrogen) atoms. The quantitative estimate of drug-likeness (QED) is 0.0535. The van der Waals surface area contributed by atoms with Crippen molar-refractivity contribution < 1.29 is 15.0 Å². The molecule has 4 nitrogen and oxygen atoms in total. The first kappa shape index (κ1) is 40.1. The Morgan fingerprint density at radius 3 is 1.34 bits per heavy atom. The molecule has 4 heteroatoms. The van der Waals surface area contributed by atoms with Gasteiger partial charge in [0.15, 0.2) is 0 Å². The molecule has 0 aromatic carbocycles. The molecule has 0 spiro atoms. The summed E-state index contributed by atoms with van der Waals surface area (Å²) in [6.45, 7) is 4.34. The van der Waals surface area contributed by atoms with Gasteiger partial charge in [0.25, 0.3) is 0 Å². The van der Waals surface area contributed by atoms with Crippen molar-refractivity contribution in [2.24, 2.45) is 0 Å². The van der Waals surface area contributed by atoms with Crippen LogP contribution < -0.4 is 5.32 Å². The van der Waals surface area contributed by atoms with Crippen LogP contribution in [0.3, 0.4) is 0 Å². The number of amides is 1. The van der Waals surface area contributed by atoms with Crippen molar-refractivity contribution in [3.8, 4) is 0 Å². The number of unbranched alkanes of at least 4 members (excludes halogenated alkanes) is 24. The Bertz CT molecular complexity index is 550. The molecule has 0 aliphatic heterocycles. The summed E-state index contributed by atoms with van der Waals surface area (Å²) in [7, 11) is 0. The molecule has 0 saturated carbocycles. The Morgan fingerprint density at radius 2 is 0.927 bits per heavy atom. The van der Waals surface area contributed by atoms with E-state index in [0.29, 0.717) is 12.8 Å². The van der Waals surface area contributed by atoms with Gasteiger partial charge in [-0.1, -0.05) is 167 Å². The minimum absolute atomic E-state index is 0.0403. The van der Waals surface area contributed by atoms with Gasteiger partial charge in [-0.05, 0) is 38.5 Å².